The number of benzene rings is 1. The number of hydrogen-bond acceptors (Lipinski definition) is 2. The molecule has 0 aliphatic carbocycles. The zero-order valence-electron chi connectivity index (χ0n) is 9.15. The number of aromatic nitrogens is 2. The van der Waals surface area contributed by atoms with Crippen molar-refractivity contribution in [1.29, 1.82) is 0 Å². The molecule has 2 rings (SSSR count). The first kappa shape index (κ1) is 12.0. The molecular formula is C12H10BrFN2O. The number of carbonyl (C=O) groups is 1. The van der Waals surface area contributed by atoms with Crippen LogP contribution in [0, 0.1) is 5.82 Å². The largest absolute Gasteiger partial charge is 0.294 e. The van der Waals surface area contributed by atoms with Crippen molar-refractivity contribution in [3.63, 3.8) is 0 Å². The Kier molecular flexibility index (Phi) is 3.38. The molecule has 88 valence electrons. The molecule has 0 fully saturated rings. The monoisotopic (exact) mass is 296 g/mol. The summed E-state index contributed by atoms with van der Waals surface area (Å²) in [6.07, 6.45) is 3.62. The van der Waals surface area contributed by atoms with Crippen LogP contribution in [0.5, 0.6) is 0 Å². The van der Waals surface area contributed by atoms with Gasteiger partial charge in [-0.3, -0.25) is 9.48 Å². The predicted octanol–water partition coefficient (Wildman–Crippen LogP) is 2.75. The van der Waals surface area contributed by atoms with Crippen molar-refractivity contribution >= 4 is 21.7 Å². The zero-order valence-corrected chi connectivity index (χ0v) is 10.7. The van der Waals surface area contributed by atoms with E-state index in [2.05, 4.69) is 21.0 Å². The molecule has 0 amide bonds. The van der Waals surface area contributed by atoms with Gasteiger partial charge in [-0.05, 0) is 27.6 Å². The first-order chi connectivity index (χ1) is 8.08. The number of halogens is 2. The van der Waals surface area contributed by atoms with Crippen LogP contribution in [-0.2, 0) is 13.5 Å². The lowest BCUT2D eigenvalue weighted by Crippen LogP contribution is -2.04. The smallest absolute Gasteiger partial charge is 0.168 e. The highest BCUT2D eigenvalue weighted by molar-refractivity contribution is 9.10. The Morgan fingerprint density at radius 3 is 2.94 bits per heavy atom. The third-order valence-corrected chi connectivity index (χ3v) is 3.18. The molecule has 5 heteroatoms. The van der Waals surface area contributed by atoms with Crippen LogP contribution in [0.2, 0.25) is 0 Å². The molecule has 0 bridgehead atoms. The molecule has 0 atom stereocenters. The lowest BCUT2D eigenvalue weighted by Gasteiger charge is -2.03. The van der Waals surface area contributed by atoms with E-state index in [1.165, 1.54) is 12.1 Å². The molecule has 1 aromatic heterocycles. The molecule has 0 unspecified atom stereocenters. The first-order valence-corrected chi connectivity index (χ1v) is 5.82. The quantitative estimate of drug-likeness (QED) is 0.817. The summed E-state index contributed by atoms with van der Waals surface area (Å²) in [5, 5.41) is 3.98. The second kappa shape index (κ2) is 4.79. The minimum Gasteiger partial charge on any atom is -0.294 e. The van der Waals surface area contributed by atoms with Gasteiger partial charge < -0.3 is 0 Å². The van der Waals surface area contributed by atoms with E-state index < -0.39 is 5.82 Å². The average Bonchev–Trinajstić information content (AvgIpc) is 2.68. The number of rotatable bonds is 3. The van der Waals surface area contributed by atoms with Crippen molar-refractivity contribution in [3.8, 4) is 0 Å². The van der Waals surface area contributed by atoms with Crippen LogP contribution in [0.3, 0.4) is 0 Å². The molecule has 1 heterocycles. The first-order valence-electron chi connectivity index (χ1n) is 5.02. The normalized spacial score (nSPS) is 10.5. The standard InChI is InChI=1S/C12H10BrFN2O/c1-16-7-8(6-15-16)5-11(17)9-3-2-4-10(14)12(9)13/h2-4,6-7H,5H2,1H3. The molecule has 0 aliphatic rings. The van der Waals surface area contributed by atoms with Crippen molar-refractivity contribution in [2.45, 2.75) is 6.42 Å². The maximum Gasteiger partial charge on any atom is 0.168 e. The van der Waals surface area contributed by atoms with Crippen molar-refractivity contribution in [2.75, 3.05) is 0 Å². The van der Waals surface area contributed by atoms with Crippen molar-refractivity contribution in [1.82, 2.24) is 9.78 Å². The van der Waals surface area contributed by atoms with E-state index >= 15 is 0 Å². The summed E-state index contributed by atoms with van der Waals surface area (Å²) in [5.74, 6) is -0.564. The topological polar surface area (TPSA) is 34.9 Å². The van der Waals surface area contributed by atoms with Crippen molar-refractivity contribution in [2.24, 2.45) is 7.05 Å². The summed E-state index contributed by atoms with van der Waals surface area (Å²) in [4.78, 5) is 12.0. The Hall–Kier alpha value is -1.49. The van der Waals surface area contributed by atoms with Crippen molar-refractivity contribution in [3.05, 3.63) is 52.0 Å². The van der Waals surface area contributed by atoms with Gasteiger partial charge in [0.15, 0.2) is 5.78 Å². The number of ketones is 1. The Morgan fingerprint density at radius 1 is 1.53 bits per heavy atom. The van der Waals surface area contributed by atoms with Gasteiger partial charge in [-0.1, -0.05) is 12.1 Å². The van der Waals surface area contributed by atoms with Gasteiger partial charge in [0, 0.05) is 25.2 Å². The van der Waals surface area contributed by atoms with E-state index in [9.17, 15) is 9.18 Å². The lowest BCUT2D eigenvalue weighted by molar-refractivity contribution is 0.0991. The van der Waals surface area contributed by atoms with Gasteiger partial charge in [-0.25, -0.2) is 4.39 Å². The average molecular weight is 297 g/mol. The highest BCUT2D eigenvalue weighted by atomic mass is 79.9. The van der Waals surface area contributed by atoms with Crippen LogP contribution in [0.4, 0.5) is 4.39 Å². The molecule has 0 aliphatic heterocycles. The van der Waals surface area contributed by atoms with Gasteiger partial charge in [0.25, 0.3) is 0 Å². The number of nitrogens with zero attached hydrogens (tertiary/aromatic N) is 2. The van der Waals surface area contributed by atoms with Crippen LogP contribution < -0.4 is 0 Å². The molecule has 0 N–H and O–H groups in total. The highest BCUT2D eigenvalue weighted by Crippen LogP contribution is 2.21. The Morgan fingerprint density at radius 2 is 2.29 bits per heavy atom. The summed E-state index contributed by atoms with van der Waals surface area (Å²) in [7, 11) is 1.78. The molecule has 3 nitrogen and oxygen atoms in total. The minimum absolute atomic E-state index is 0.135. The second-order valence-electron chi connectivity index (χ2n) is 3.72. The van der Waals surface area contributed by atoms with Gasteiger partial charge in [0.05, 0.1) is 10.7 Å². The summed E-state index contributed by atoms with van der Waals surface area (Å²) in [6.45, 7) is 0. The van der Waals surface area contributed by atoms with Gasteiger partial charge in [0.1, 0.15) is 5.82 Å². The third-order valence-electron chi connectivity index (χ3n) is 2.38. The third kappa shape index (κ3) is 2.61. The van der Waals surface area contributed by atoms with E-state index in [0.717, 1.165) is 5.56 Å². The number of aryl methyl sites for hydroxylation is 1. The molecule has 17 heavy (non-hydrogen) atoms. The Bertz CT molecular complexity index is 565. The molecule has 2 aromatic rings. The Labute approximate surface area is 106 Å². The van der Waals surface area contributed by atoms with E-state index in [1.807, 2.05) is 0 Å². The van der Waals surface area contributed by atoms with Crippen molar-refractivity contribution < 1.29 is 9.18 Å². The predicted molar refractivity (Wildman–Crippen MR) is 65.3 cm³/mol. The minimum atomic E-state index is -0.429. The van der Waals surface area contributed by atoms with Gasteiger partial charge in [0.2, 0.25) is 0 Å². The number of hydrogen-bond donors (Lipinski definition) is 0. The second-order valence-corrected chi connectivity index (χ2v) is 4.52. The highest BCUT2D eigenvalue weighted by Gasteiger charge is 2.14. The summed E-state index contributed by atoms with van der Waals surface area (Å²) < 4.78 is 15.1. The molecule has 0 radical (unpaired) electrons. The van der Waals surface area contributed by atoms with Crippen LogP contribution >= 0.6 is 15.9 Å². The van der Waals surface area contributed by atoms with E-state index in [1.54, 1.807) is 30.2 Å². The molecule has 1 aromatic carbocycles. The van der Waals surface area contributed by atoms with Gasteiger partial charge in [-0.2, -0.15) is 5.10 Å². The van der Waals surface area contributed by atoms with E-state index in [-0.39, 0.29) is 16.7 Å². The summed E-state index contributed by atoms with van der Waals surface area (Å²) >= 11 is 3.08. The lowest BCUT2D eigenvalue weighted by atomic mass is 10.1. The summed E-state index contributed by atoms with van der Waals surface area (Å²) in [5.41, 5.74) is 1.17. The van der Waals surface area contributed by atoms with Crippen LogP contribution in [0.25, 0.3) is 0 Å². The SMILES string of the molecule is Cn1cc(CC(=O)c2cccc(F)c2Br)cn1. The number of carbonyl (C=O) groups excluding carboxylic acids is 1. The number of Topliss-reactive ketones (excluding diaryl/α,β-unsaturated/α-hetero) is 1. The van der Waals surface area contributed by atoms with E-state index in [0.29, 0.717) is 5.56 Å². The molecule has 0 spiro atoms. The van der Waals surface area contributed by atoms with Crippen LogP contribution in [0.15, 0.2) is 35.1 Å². The molecule has 0 saturated heterocycles. The molecular weight excluding hydrogens is 287 g/mol. The van der Waals surface area contributed by atoms with Gasteiger partial charge in [-0.15, -0.1) is 0 Å². The Balaban J connectivity index is 2.23. The fourth-order valence-electron chi connectivity index (χ4n) is 1.56. The summed E-state index contributed by atoms with van der Waals surface area (Å²) in [6, 6.07) is 4.44. The van der Waals surface area contributed by atoms with Crippen LogP contribution in [0.1, 0.15) is 15.9 Å². The fraction of sp³-hybridized carbons (Fsp3) is 0.167. The maximum absolute atomic E-state index is 13.3. The maximum atomic E-state index is 13.3. The van der Waals surface area contributed by atoms with Crippen LogP contribution in [-0.4, -0.2) is 15.6 Å². The fourth-order valence-corrected chi connectivity index (χ4v) is 2.05. The van der Waals surface area contributed by atoms with E-state index in [4.69, 9.17) is 0 Å². The zero-order chi connectivity index (χ0) is 12.4. The molecule has 0 saturated carbocycles. The van der Waals surface area contributed by atoms with Gasteiger partial charge >= 0.3 is 0 Å².